The highest BCUT2D eigenvalue weighted by Crippen LogP contribution is 2.25. The number of aryl methyl sites for hydroxylation is 1. The molecule has 2 aromatic carbocycles. The van der Waals surface area contributed by atoms with E-state index < -0.39 is 0 Å². The summed E-state index contributed by atoms with van der Waals surface area (Å²) in [5.41, 5.74) is 5.60. The van der Waals surface area contributed by atoms with Crippen molar-refractivity contribution in [1.82, 2.24) is 8.75 Å². The Balaban J connectivity index is 1.79. The minimum Gasteiger partial charge on any atom is -0.489 e. The molecule has 0 amide bonds. The molecule has 0 aliphatic heterocycles. The summed E-state index contributed by atoms with van der Waals surface area (Å²) in [5.74, 6) is 1.44. The maximum Gasteiger partial charge on any atom is 0.120 e. The van der Waals surface area contributed by atoms with E-state index in [1.807, 2.05) is 24.3 Å². The molecule has 0 N–H and O–H groups in total. The van der Waals surface area contributed by atoms with Gasteiger partial charge in [0.2, 0.25) is 0 Å². The van der Waals surface area contributed by atoms with Crippen LogP contribution in [0.1, 0.15) is 36.5 Å². The number of hydrogen-bond donors (Lipinski definition) is 0. The van der Waals surface area contributed by atoms with Crippen LogP contribution in [0.4, 0.5) is 0 Å². The second-order valence-corrected chi connectivity index (χ2v) is 6.04. The van der Waals surface area contributed by atoms with Crippen LogP contribution in [0.5, 0.6) is 5.75 Å². The average Bonchev–Trinajstić information content (AvgIpc) is 2.93. The van der Waals surface area contributed by atoms with Crippen molar-refractivity contribution in [2.45, 2.75) is 33.3 Å². The number of fused-ring (bicyclic) bond motifs is 1. The SMILES string of the molecule is Cc1cc(OCc2cccc3nsnc23)ccc1C(C)C. The van der Waals surface area contributed by atoms with E-state index in [1.54, 1.807) is 0 Å². The molecule has 3 nitrogen and oxygen atoms in total. The van der Waals surface area contributed by atoms with Gasteiger partial charge in [0, 0.05) is 5.56 Å². The van der Waals surface area contributed by atoms with Crippen LogP contribution in [-0.4, -0.2) is 8.75 Å². The summed E-state index contributed by atoms with van der Waals surface area (Å²) in [6.45, 7) is 7.06. The third-order valence-electron chi connectivity index (χ3n) is 3.63. The lowest BCUT2D eigenvalue weighted by Crippen LogP contribution is -1.98. The monoisotopic (exact) mass is 298 g/mol. The molecule has 0 aliphatic carbocycles. The van der Waals surface area contributed by atoms with Gasteiger partial charge >= 0.3 is 0 Å². The Morgan fingerprint density at radius 1 is 1.14 bits per heavy atom. The lowest BCUT2D eigenvalue weighted by atomic mass is 9.98. The Morgan fingerprint density at radius 2 is 2.00 bits per heavy atom. The number of ether oxygens (including phenoxy) is 1. The van der Waals surface area contributed by atoms with Crippen LogP contribution < -0.4 is 4.74 Å². The normalized spacial score (nSPS) is 11.2. The summed E-state index contributed by atoms with van der Waals surface area (Å²) >= 11 is 1.24. The van der Waals surface area contributed by atoms with E-state index >= 15 is 0 Å². The maximum absolute atomic E-state index is 5.92. The second-order valence-electron chi connectivity index (χ2n) is 5.51. The third kappa shape index (κ3) is 2.90. The molecule has 3 aromatic rings. The maximum atomic E-state index is 5.92. The zero-order valence-electron chi connectivity index (χ0n) is 12.5. The topological polar surface area (TPSA) is 35.0 Å². The predicted molar refractivity (Wildman–Crippen MR) is 87.0 cm³/mol. The Morgan fingerprint density at radius 3 is 2.76 bits per heavy atom. The van der Waals surface area contributed by atoms with Gasteiger partial charge in [0.25, 0.3) is 0 Å². The van der Waals surface area contributed by atoms with E-state index in [2.05, 4.69) is 41.7 Å². The van der Waals surface area contributed by atoms with Gasteiger partial charge in [0.1, 0.15) is 23.4 Å². The van der Waals surface area contributed by atoms with Crippen molar-refractivity contribution in [1.29, 1.82) is 0 Å². The smallest absolute Gasteiger partial charge is 0.120 e. The Bertz CT molecular complexity index is 764. The van der Waals surface area contributed by atoms with Crippen LogP contribution in [0.15, 0.2) is 36.4 Å². The van der Waals surface area contributed by atoms with Crippen molar-refractivity contribution in [3.63, 3.8) is 0 Å². The molecule has 1 heterocycles. The predicted octanol–water partition coefficient (Wildman–Crippen LogP) is 4.70. The lowest BCUT2D eigenvalue weighted by Gasteiger charge is -2.12. The highest BCUT2D eigenvalue weighted by Gasteiger charge is 2.07. The molecule has 0 saturated heterocycles. The molecular formula is C17H18N2OS. The number of nitrogens with zero attached hydrogens (tertiary/aromatic N) is 2. The van der Waals surface area contributed by atoms with Crippen molar-refractivity contribution < 1.29 is 4.74 Å². The minimum atomic E-state index is 0.517. The van der Waals surface area contributed by atoms with E-state index in [-0.39, 0.29) is 0 Å². The summed E-state index contributed by atoms with van der Waals surface area (Å²) in [5, 5.41) is 0. The summed E-state index contributed by atoms with van der Waals surface area (Å²) in [6.07, 6.45) is 0. The van der Waals surface area contributed by atoms with Gasteiger partial charge in [-0.05, 0) is 42.2 Å². The molecule has 0 saturated carbocycles. The standard InChI is InChI=1S/C17H18N2OS/c1-11(2)15-8-7-14(9-12(15)3)20-10-13-5-4-6-16-17(13)19-21-18-16/h4-9,11H,10H2,1-3H3. The number of benzene rings is 2. The van der Waals surface area contributed by atoms with Crippen molar-refractivity contribution in [2.75, 3.05) is 0 Å². The Kier molecular flexibility index (Phi) is 3.88. The van der Waals surface area contributed by atoms with Crippen LogP contribution in [0.2, 0.25) is 0 Å². The van der Waals surface area contributed by atoms with E-state index in [0.29, 0.717) is 12.5 Å². The van der Waals surface area contributed by atoms with Crippen LogP contribution in [-0.2, 0) is 6.61 Å². The quantitative estimate of drug-likeness (QED) is 0.700. The fourth-order valence-electron chi connectivity index (χ4n) is 2.53. The molecule has 21 heavy (non-hydrogen) atoms. The zero-order chi connectivity index (χ0) is 14.8. The summed E-state index contributed by atoms with van der Waals surface area (Å²) in [6, 6.07) is 12.3. The van der Waals surface area contributed by atoms with Crippen LogP contribution in [0.25, 0.3) is 11.0 Å². The van der Waals surface area contributed by atoms with Crippen molar-refractivity contribution >= 4 is 22.8 Å². The molecule has 0 bridgehead atoms. The average molecular weight is 298 g/mol. The molecule has 0 fully saturated rings. The third-order valence-corrected chi connectivity index (χ3v) is 4.17. The lowest BCUT2D eigenvalue weighted by molar-refractivity contribution is 0.307. The molecule has 3 rings (SSSR count). The van der Waals surface area contributed by atoms with Crippen LogP contribution in [0, 0.1) is 6.92 Å². The van der Waals surface area contributed by atoms with Crippen molar-refractivity contribution in [3.05, 3.63) is 53.1 Å². The van der Waals surface area contributed by atoms with E-state index in [1.165, 1.54) is 22.9 Å². The molecule has 1 aromatic heterocycles. The van der Waals surface area contributed by atoms with Gasteiger partial charge in [-0.25, -0.2) is 0 Å². The summed E-state index contributed by atoms with van der Waals surface area (Å²) in [7, 11) is 0. The second kappa shape index (κ2) is 5.82. The van der Waals surface area contributed by atoms with E-state index in [0.717, 1.165) is 22.3 Å². The molecule has 0 aliphatic rings. The number of hydrogen-bond acceptors (Lipinski definition) is 4. The molecular weight excluding hydrogens is 280 g/mol. The number of aromatic nitrogens is 2. The first-order valence-electron chi connectivity index (χ1n) is 7.08. The molecule has 4 heteroatoms. The first-order valence-corrected chi connectivity index (χ1v) is 7.81. The highest BCUT2D eigenvalue weighted by molar-refractivity contribution is 7.00. The number of rotatable bonds is 4. The molecule has 0 atom stereocenters. The molecule has 0 unspecified atom stereocenters. The van der Waals surface area contributed by atoms with Gasteiger partial charge in [-0.1, -0.05) is 32.0 Å². The summed E-state index contributed by atoms with van der Waals surface area (Å²) < 4.78 is 14.5. The highest BCUT2D eigenvalue weighted by atomic mass is 32.1. The molecule has 108 valence electrons. The summed E-state index contributed by atoms with van der Waals surface area (Å²) in [4.78, 5) is 0. The fraction of sp³-hybridized carbons (Fsp3) is 0.294. The Labute approximate surface area is 128 Å². The van der Waals surface area contributed by atoms with Gasteiger partial charge in [0.15, 0.2) is 0 Å². The van der Waals surface area contributed by atoms with E-state index in [4.69, 9.17) is 4.74 Å². The van der Waals surface area contributed by atoms with Gasteiger partial charge < -0.3 is 4.74 Å². The van der Waals surface area contributed by atoms with E-state index in [9.17, 15) is 0 Å². The molecule has 0 radical (unpaired) electrons. The first kappa shape index (κ1) is 14.0. The van der Waals surface area contributed by atoms with Crippen molar-refractivity contribution in [2.24, 2.45) is 0 Å². The first-order chi connectivity index (χ1) is 10.1. The van der Waals surface area contributed by atoms with Crippen LogP contribution in [0.3, 0.4) is 0 Å². The largest absolute Gasteiger partial charge is 0.489 e. The Hall–Kier alpha value is -1.94. The van der Waals surface area contributed by atoms with Gasteiger partial charge in [-0.2, -0.15) is 8.75 Å². The van der Waals surface area contributed by atoms with Gasteiger partial charge in [0.05, 0.1) is 11.7 Å². The van der Waals surface area contributed by atoms with Gasteiger partial charge in [-0.15, -0.1) is 0 Å². The zero-order valence-corrected chi connectivity index (χ0v) is 13.3. The minimum absolute atomic E-state index is 0.517. The molecule has 0 spiro atoms. The van der Waals surface area contributed by atoms with Gasteiger partial charge in [-0.3, -0.25) is 0 Å². The van der Waals surface area contributed by atoms with Crippen molar-refractivity contribution in [3.8, 4) is 5.75 Å². The van der Waals surface area contributed by atoms with Crippen LogP contribution >= 0.6 is 11.7 Å². The fourth-order valence-corrected chi connectivity index (χ4v) is 3.09.